The van der Waals surface area contributed by atoms with Gasteiger partial charge in [0.15, 0.2) is 5.96 Å². The highest BCUT2D eigenvalue weighted by Gasteiger charge is 2.44. The van der Waals surface area contributed by atoms with Crippen molar-refractivity contribution in [3.05, 3.63) is 35.9 Å². The van der Waals surface area contributed by atoms with Crippen LogP contribution in [-0.2, 0) is 5.41 Å². The molecule has 0 spiro atoms. The van der Waals surface area contributed by atoms with E-state index in [-0.39, 0.29) is 28.7 Å². The molecule has 2 rings (SSSR count). The zero-order chi connectivity index (χ0) is 15.3. The Hall–Kier alpha value is -0.430. The Labute approximate surface area is 156 Å². The molecule has 0 unspecified atom stereocenters. The van der Waals surface area contributed by atoms with Crippen molar-refractivity contribution in [2.45, 2.75) is 36.9 Å². The maximum atomic E-state index is 4.34. The van der Waals surface area contributed by atoms with Gasteiger partial charge in [-0.05, 0) is 38.5 Å². The van der Waals surface area contributed by atoms with Gasteiger partial charge >= 0.3 is 0 Å². The molecule has 5 heteroatoms. The van der Waals surface area contributed by atoms with Gasteiger partial charge in [-0.1, -0.05) is 30.3 Å². The van der Waals surface area contributed by atoms with Crippen molar-refractivity contribution in [2.24, 2.45) is 4.99 Å². The van der Waals surface area contributed by atoms with Crippen LogP contribution in [-0.4, -0.2) is 37.1 Å². The fraction of sp³-hybridized carbons (Fsp3) is 0.588. The highest BCUT2D eigenvalue weighted by atomic mass is 127. The fourth-order valence-corrected chi connectivity index (χ4v) is 2.57. The van der Waals surface area contributed by atoms with Crippen LogP contribution in [0.1, 0.15) is 32.3 Å². The molecule has 0 saturated heterocycles. The zero-order valence-corrected chi connectivity index (χ0v) is 17.1. The van der Waals surface area contributed by atoms with E-state index in [0.717, 1.165) is 19.0 Å². The van der Waals surface area contributed by atoms with Gasteiger partial charge in [-0.3, -0.25) is 4.99 Å². The first-order valence-corrected chi connectivity index (χ1v) is 8.79. The number of halogens is 1. The van der Waals surface area contributed by atoms with Gasteiger partial charge in [-0.15, -0.1) is 24.0 Å². The molecule has 0 bridgehead atoms. The second-order valence-electron chi connectivity index (χ2n) is 6.39. The minimum atomic E-state index is 0. The second-order valence-corrected chi connectivity index (χ2v) is 7.90. The summed E-state index contributed by atoms with van der Waals surface area (Å²) in [5.41, 5.74) is 1.76. The molecule has 1 aromatic rings. The van der Waals surface area contributed by atoms with Gasteiger partial charge in [0, 0.05) is 30.3 Å². The van der Waals surface area contributed by atoms with Gasteiger partial charge in [-0.2, -0.15) is 11.8 Å². The Morgan fingerprint density at radius 3 is 2.36 bits per heavy atom. The normalized spacial score (nSPS) is 16.6. The maximum Gasteiger partial charge on any atom is 0.191 e. The minimum absolute atomic E-state index is 0. The Bertz CT molecular complexity index is 484. The third-order valence-electron chi connectivity index (χ3n) is 4.29. The Morgan fingerprint density at radius 2 is 1.86 bits per heavy atom. The first-order chi connectivity index (χ1) is 10.0. The lowest BCUT2D eigenvalue weighted by atomic mass is 9.96. The van der Waals surface area contributed by atoms with Gasteiger partial charge in [0.2, 0.25) is 0 Å². The van der Waals surface area contributed by atoms with Crippen molar-refractivity contribution < 1.29 is 0 Å². The van der Waals surface area contributed by atoms with Crippen LogP contribution >= 0.6 is 35.7 Å². The van der Waals surface area contributed by atoms with Crippen LogP contribution in [0.25, 0.3) is 0 Å². The van der Waals surface area contributed by atoms with E-state index in [1.54, 1.807) is 0 Å². The van der Waals surface area contributed by atoms with Gasteiger partial charge in [0.05, 0.1) is 0 Å². The SMILES string of the molecule is CN=C(NCC(C)(C)SC)NCC1(c2ccccc2)CC1.I. The number of thioether (sulfide) groups is 1. The van der Waals surface area contributed by atoms with Crippen molar-refractivity contribution in [3.63, 3.8) is 0 Å². The van der Waals surface area contributed by atoms with E-state index in [2.05, 4.69) is 66.1 Å². The number of nitrogens with one attached hydrogen (secondary N) is 2. The van der Waals surface area contributed by atoms with Gasteiger partial charge < -0.3 is 10.6 Å². The molecule has 0 heterocycles. The standard InChI is InChI=1S/C17H27N3S.HI/c1-16(2,21-4)12-19-15(18-3)20-13-17(10-11-17)14-8-6-5-7-9-14;/h5-9H,10-13H2,1-4H3,(H2,18,19,20);1H. The van der Waals surface area contributed by atoms with Gasteiger partial charge in [0.25, 0.3) is 0 Å². The summed E-state index contributed by atoms with van der Waals surface area (Å²) in [5.74, 6) is 0.902. The molecular formula is C17H28IN3S. The summed E-state index contributed by atoms with van der Waals surface area (Å²) in [6.45, 7) is 6.34. The highest BCUT2D eigenvalue weighted by Crippen LogP contribution is 2.47. The predicted octanol–water partition coefficient (Wildman–Crippen LogP) is 3.64. The van der Waals surface area contributed by atoms with Crippen molar-refractivity contribution in [1.82, 2.24) is 10.6 Å². The molecule has 1 aromatic carbocycles. The number of nitrogens with zero attached hydrogens (tertiary/aromatic N) is 1. The minimum Gasteiger partial charge on any atom is -0.356 e. The van der Waals surface area contributed by atoms with E-state index in [1.165, 1.54) is 18.4 Å². The van der Waals surface area contributed by atoms with Gasteiger partial charge in [-0.25, -0.2) is 0 Å². The zero-order valence-electron chi connectivity index (χ0n) is 14.0. The number of guanidine groups is 1. The summed E-state index contributed by atoms with van der Waals surface area (Å²) < 4.78 is 0.217. The summed E-state index contributed by atoms with van der Waals surface area (Å²) in [5, 5.41) is 6.93. The first-order valence-electron chi connectivity index (χ1n) is 7.57. The van der Waals surface area contributed by atoms with Crippen LogP contribution in [0.15, 0.2) is 35.3 Å². The molecule has 1 aliphatic rings. The lowest BCUT2D eigenvalue weighted by Crippen LogP contribution is -2.45. The van der Waals surface area contributed by atoms with Crippen molar-refractivity contribution in [2.75, 3.05) is 26.4 Å². The number of benzene rings is 1. The Balaban J connectivity index is 0.00000242. The molecule has 1 aliphatic carbocycles. The average molecular weight is 433 g/mol. The van der Waals surface area contributed by atoms with Crippen molar-refractivity contribution in [3.8, 4) is 0 Å². The second kappa shape index (κ2) is 8.43. The van der Waals surface area contributed by atoms with Crippen molar-refractivity contribution >= 4 is 41.7 Å². The molecule has 2 N–H and O–H groups in total. The summed E-state index contributed by atoms with van der Waals surface area (Å²) in [7, 11) is 1.84. The third kappa shape index (κ3) is 5.33. The summed E-state index contributed by atoms with van der Waals surface area (Å²) >= 11 is 1.87. The molecule has 0 aliphatic heterocycles. The topological polar surface area (TPSA) is 36.4 Å². The first kappa shape index (κ1) is 19.6. The molecule has 0 atom stereocenters. The number of aliphatic imine (C=N–C) groups is 1. The molecule has 1 fully saturated rings. The van der Waals surface area contributed by atoms with Crippen LogP contribution in [0.5, 0.6) is 0 Å². The molecule has 3 nitrogen and oxygen atoms in total. The molecule has 0 amide bonds. The summed E-state index contributed by atoms with van der Waals surface area (Å²) in [4.78, 5) is 4.34. The summed E-state index contributed by atoms with van der Waals surface area (Å²) in [6.07, 6.45) is 4.67. The quantitative estimate of drug-likeness (QED) is 0.409. The summed E-state index contributed by atoms with van der Waals surface area (Å²) in [6, 6.07) is 10.8. The predicted molar refractivity (Wildman–Crippen MR) is 110 cm³/mol. The Morgan fingerprint density at radius 1 is 1.23 bits per heavy atom. The average Bonchev–Trinajstić information content (AvgIpc) is 3.29. The Kier molecular flexibility index (Phi) is 7.52. The molecular weight excluding hydrogens is 405 g/mol. The highest BCUT2D eigenvalue weighted by molar-refractivity contribution is 14.0. The largest absolute Gasteiger partial charge is 0.356 e. The molecule has 22 heavy (non-hydrogen) atoms. The van der Waals surface area contributed by atoms with Crippen LogP contribution < -0.4 is 10.6 Å². The lowest BCUT2D eigenvalue weighted by Gasteiger charge is -2.25. The smallest absolute Gasteiger partial charge is 0.191 e. The van der Waals surface area contributed by atoms with E-state index in [9.17, 15) is 0 Å². The third-order valence-corrected chi connectivity index (χ3v) is 5.54. The van der Waals surface area contributed by atoms with Crippen LogP contribution in [0, 0.1) is 0 Å². The van der Waals surface area contributed by atoms with E-state index < -0.39 is 0 Å². The number of hydrogen-bond donors (Lipinski definition) is 2. The fourth-order valence-electron chi connectivity index (χ4n) is 2.35. The van der Waals surface area contributed by atoms with E-state index >= 15 is 0 Å². The molecule has 1 saturated carbocycles. The molecule has 0 radical (unpaired) electrons. The van der Waals surface area contributed by atoms with E-state index in [4.69, 9.17) is 0 Å². The maximum absolute atomic E-state index is 4.34. The van der Waals surface area contributed by atoms with Crippen LogP contribution in [0.4, 0.5) is 0 Å². The van der Waals surface area contributed by atoms with Gasteiger partial charge in [0.1, 0.15) is 0 Å². The monoisotopic (exact) mass is 433 g/mol. The number of rotatable bonds is 6. The van der Waals surface area contributed by atoms with Crippen LogP contribution in [0.2, 0.25) is 0 Å². The van der Waals surface area contributed by atoms with Crippen molar-refractivity contribution in [1.29, 1.82) is 0 Å². The van der Waals surface area contributed by atoms with E-state index in [0.29, 0.717) is 5.41 Å². The molecule has 0 aromatic heterocycles. The lowest BCUT2D eigenvalue weighted by molar-refractivity contribution is 0.626. The number of hydrogen-bond acceptors (Lipinski definition) is 2. The van der Waals surface area contributed by atoms with E-state index in [1.807, 2.05) is 18.8 Å². The molecule has 124 valence electrons. The van der Waals surface area contributed by atoms with Crippen LogP contribution in [0.3, 0.4) is 0 Å².